The van der Waals surface area contributed by atoms with Crippen molar-refractivity contribution in [1.82, 2.24) is 0 Å². The maximum absolute atomic E-state index is 11.0. The van der Waals surface area contributed by atoms with E-state index in [2.05, 4.69) is 19.5 Å². The van der Waals surface area contributed by atoms with Gasteiger partial charge in [-0.2, -0.15) is 5.26 Å². The molecule has 0 spiro atoms. The van der Waals surface area contributed by atoms with Crippen molar-refractivity contribution in [1.29, 1.82) is 5.26 Å². The minimum absolute atomic E-state index is 0.0389. The van der Waals surface area contributed by atoms with Crippen molar-refractivity contribution < 1.29 is 23.9 Å². The van der Waals surface area contributed by atoms with E-state index in [0.29, 0.717) is 0 Å². The van der Waals surface area contributed by atoms with Crippen LogP contribution in [0.1, 0.15) is 6.92 Å². The molecule has 0 aromatic heterocycles. The van der Waals surface area contributed by atoms with Crippen LogP contribution >= 0.6 is 34.8 Å². The molecule has 0 saturated carbocycles. The van der Waals surface area contributed by atoms with Gasteiger partial charge in [-0.05, 0) is 6.92 Å². The Morgan fingerprint density at radius 1 is 1.33 bits per heavy atom. The van der Waals surface area contributed by atoms with Crippen molar-refractivity contribution in [3.8, 4) is 6.07 Å². The first-order chi connectivity index (χ1) is 8.30. The number of hydrogen-bond acceptors (Lipinski definition) is 7. The summed E-state index contributed by atoms with van der Waals surface area (Å²) in [6.45, 7) is 0.994. The summed E-state index contributed by atoms with van der Waals surface area (Å²) in [6, 6.07) is 1.38. The average Bonchev–Trinajstić information content (AvgIpc) is 2.26. The first-order valence-electron chi connectivity index (χ1n) is 4.36. The van der Waals surface area contributed by atoms with Crippen molar-refractivity contribution in [2.45, 2.75) is 10.7 Å². The van der Waals surface area contributed by atoms with Gasteiger partial charge in [0.2, 0.25) is 3.79 Å². The molecule has 0 amide bonds. The second-order valence-corrected chi connectivity index (χ2v) is 5.03. The first kappa shape index (κ1) is 16.8. The van der Waals surface area contributed by atoms with Crippen molar-refractivity contribution in [2.24, 2.45) is 5.16 Å². The lowest BCUT2D eigenvalue weighted by Gasteiger charge is -2.09. The lowest BCUT2D eigenvalue weighted by Crippen LogP contribution is -2.19. The van der Waals surface area contributed by atoms with Crippen LogP contribution in [0.15, 0.2) is 5.16 Å². The van der Waals surface area contributed by atoms with Crippen LogP contribution in [0.3, 0.4) is 0 Å². The summed E-state index contributed by atoms with van der Waals surface area (Å²) >= 11 is 15.9. The van der Waals surface area contributed by atoms with Gasteiger partial charge in [0.05, 0.1) is 6.61 Å². The number of nitriles is 1. The second-order valence-electron chi connectivity index (χ2n) is 2.52. The molecule has 0 unspecified atom stereocenters. The zero-order chi connectivity index (χ0) is 14.2. The van der Waals surface area contributed by atoms with Gasteiger partial charge in [-0.1, -0.05) is 40.0 Å². The van der Waals surface area contributed by atoms with Gasteiger partial charge in [-0.15, -0.1) is 0 Å². The number of ether oxygens (including phenoxy) is 2. The largest absolute Gasteiger partial charge is 0.535 e. The molecule has 7 nitrogen and oxygen atoms in total. The normalized spacial score (nSPS) is 11.4. The van der Waals surface area contributed by atoms with Crippen LogP contribution in [0.25, 0.3) is 0 Å². The Balaban J connectivity index is 4.31. The Morgan fingerprint density at radius 3 is 2.39 bits per heavy atom. The molecular formula is C8H7Cl3N2O5. The number of hydrogen-bond donors (Lipinski definition) is 0. The van der Waals surface area contributed by atoms with E-state index in [4.69, 9.17) is 40.1 Å². The lowest BCUT2D eigenvalue weighted by atomic mass is 10.4. The monoisotopic (exact) mass is 316 g/mol. The molecule has 0 rings (SSSR count). The third-order valence-electron chi connectivity index (χ3n) is 1.14. The van der Waals surface area contributed by atoms with E-state index in [-0.39, 0.29) is 6.61 Å². The van der Waals surface area contributed by atoms with Gasteiger partial charge in [-0.25, -0.2) is 9.59 Å². The smallest absolute Gasteiger partial charge is 0.461 e. The van der Waals surface area contributed by atoms with Gasteiger partial charge in [0.25, 0.3) is 5.71 Å². The minimum Gasteiger partial charge on any atom is -0.461 e. The molecule has 0 bridgehead atoms. The Morgan fingerprint density at radius 2 is 1.94 bits per heavy atom. The molecule has 0 aliphatic rings. The maximum Gasteiger partial charge on any atom is 0.535 e. The van der Waals surface area contributed by atoms with Gasteiger partial charge in [-0.3, -0.25) is 4.84 Å². The fourth-order valence-electron chi connectivity index (χ4n) is 0.553. The highest BCUT2D eigenvalue weighted by molar-refractivity contribution is 6.67. The predicted octanol–water partition coefficient (Wildman–Crippen LogP) is 1.95. The Labute approximate surface area is 117 Å². The molecule has 0 aromatic carbocycles. The Kier molecular flexibility index (Phi) is 7.43. The number of oxime groups is 1. The molecule has 0 aliphatic carbocycles. The van der Waals surface area contributed by atoms with Crippen LogP contribution in [0.5, 0.6) is 0 Å². The number of carbonyl (C=O) groups is 2. The van der Waals surface area contributed by atoms with E-state index in [9.17, 15) is 9.59 Å². The van der Waals surface area contributed by atoms with Crippen LogP contribution in [-0.2, 0) is 19.1 Å². The summed E-state index contributed by atoms with van der Waals surface area (Å²) in [5.74, 6) is -1.03. The molecule has 0 heterocycles. The lowest BCUT2D eigenvalue weighted by molar-refractivity contribution is -0.135. The molecule has 0 saturated heterocycles. The van der Waals surface area contributed by atoms with Crippen LogP contribution in [0.4, 0.5) is 4.79 Å². The van der Waals surface area contributed by atoms with Crippen molar-refractivity contribution in [2.75, 3.05) is 13.2 Å². The molecule has 0 aromatic rings. The number of carbonyl (C=O) groups excluding carboxylic acids is 2. The van der Waals surface area contributed by atoms with E-state index < -0.39 is 28.2 Å². The molecule has 0 N–H and O–H groups in total. The topological polar surface area (TPSA) is 98.0 Å². The molecule has 0 atom stereocenters. The second kappa shape index (κ2) is 7.97. The maximum atomic E-state index is 11.0. The van der Waals surface area contributed by atoms with E-state index in [1.807, 2.05) is 0 Å². The van der Waals surface area contributed by atoms with E-state index in [1.54, 1.807) is 0 Å². The molecule has 0 fully saturated rings. The average molecular weight is 318 g/mol. The highest BCUT2D eigenvalue weighted by Gasteiger charge is 2.23. The van der Waals surface area contributed by atoms with Gasteiger partial charge < -0.3 is 9.47 Å². The van der Waals surface area contributed by atoms with E-state index in [1.165, 1.54) is 13.0 Å². The van der Waals surface area contributed by atoms with Crippen molar-refractivity contribution in [3.05, 3.63) is 0 Å². The number of esters is 1. The highest BCUT2D eigenvalue weighted by atomic mass is 35.6. The third kappa shape index (κ3) is 7.95. The molecule has 0 radical (unpaired) electrons. The van der Waals surface area contributed by atoms with Gasteiger partial charge in [0.1, 0.15) is 12.7 Å². The number of alkyl halides is 3. The molecular weight excluding hydrogens is 310 g/mol. The standard InChI is InChI=1S/C8H7Cl3N2O5/c1-2-16-6(14)5(3-12)13-18-7(15)17-4-8(9,10)11/h2,4H2,1H3/b13-5+. The van der Waals surface area contributed by atoms with Crippen molar-refractivity contribution >= 4 is 52.6 Å². The fraction of sp³-hybridized carbons (Fsp3) is 0.500. The van der Waals surface area contributed by atoms with Gasteiger partial charge in [0, 0.05) is 0 Å². The summed E-state index contributed by atoms with van der Waals surface area (Å²) < 4.78 is 6.97. The Bertz CT molecular complexity index is 385. The summed E-state index contributed by atoms with van der Waals surface area (Å²) in [6.07, 6.45) is -1.33. The zero-order valence-corrected chi connectivity index (χ0v) is 11.3. The molecule has 10 heteroatoms. The van der Waals surface area contributed by atoms with E-state index >= 15 is 0 Å². The summed E-state index contributed by atoms with van der Waals surface area (Å²) in [7, 11) is 0. The third-order valence-corrected chi connectivity index (χ3v) is 1.47. The van der Waals surface area contributed by atoms with Crippen LogP contribution in [-0.4, -0.2) is 34.8 Å². The zero-order valence-electron chi connectivity index (χ0n) is 8.98. The number of halogens is 3. The quantitative estimate of drug-likeness (QED) is 0.258. The molecule has 0 aliphatic heterocycles. The van der Waals surface area contributed by atoms with Crippen LogP contribution in [0.2, 0.25) is 0 Å². The highest BCUT2D eigenvalue weighted by Crippen LogP contribution is 2.25. The van der Waals surface area contributed by atoms with Gasteiger partial charge >= 0.3 is 12.1 Å². The molecule has 18 heavy (non-hydrogen) atoms. The van der Waals surface area contributed by atoms with Crippen LogP contribution < -0.4 is 0 Å². The first-order valence-corrected chi connectivity index (χ1v) is 5.49. The van der Waals surface area contributed by atoms with Crippen LogP contribution in [0, 0.1) is 11.3 Å². The number of nitrogens with zero attached hydrogens (tertiary/aromatic N) is 2. The summed E-state index contributed by atoms with van der Waals surface area (Å²) in [5.41, 5.74) is -0.748. The SMILES string of the molecule is CCOC(=O)/C(C#N)=N/OC(=O)OCC(Cl)(Cl)Cl. The van der Waals surface area contributed by atoms with E-state index in [0.717, 1.165) is 0 Å². The summed E-state index contributed by atoms with van der Waals surface area (Å²) in [5, 5.41) is 11.5. The minimum atomic E-state index is -1.80. The number of rotatable bonds is 4. The van der Waals surface area contributed by atoms with Gasteiger partial charge in [0.15, 0.2) is 0 Å². The van der Waals surface area contributed by atoms with Crippen molar-refractivity contribution in [3.63, 3.8) is 0 Å². The summed E-state index contributed by atoms with van der Waals surface area (Å²) in [4.78, 5) is 26.0. The fourth-order valence-corrected chi connectivity index (χ4v) is 0.716. The molecule has 100 valence electrons. The Hall–Kier alpha value is -1.23. The predicted molar refractivity (Wildman–Crippen MR) is 62.4 cm³/mol.